The van der Waals surface area contributed by atoms with E-state index < -0.39 is 11.4 Å². The van der Waals surface area contributed by atoms with Gasteiger partial charge in [-0.3, -0.25) is 4.79 Å². The van der Waals surface area contributed by atoms with Crippen LogP contribution >= 0.6 is 0 Å². The van der Waals surface area contributed by atoms with E-state index in [1.165, 1.54) is 3.97 Å². The smallest absolute Gasteiger partial charge is 0.180 e. The lowest BCUT2D eigenvalue weighted by atomic mass is 10.2. The zero-order valence-corrected chi connectivity index (χ0v) is 12.2. The van der Waals surface area contributed by atoms with Crippen LogP contribution in [0.5, 0.6) is 5.75 Å². The Balaban J connectivity index is 2.22. The average Bonchev–Trinajstić information content (AvgIpc) is 2.92. The summed E-state index contributed by atoms with van der Waals surface area (Å²) in [6.07, 6.45) is 0.716. The van der Waals surface area contributed by atoms with Crippen molar-refractivity contribution >= 4 is 28.6 Å². The molecule has 1 heterocycles. The molecule has 0 bridgehead atoms. The minimum Gasteiger partial charge on any atom is -0.587 e. The number of hydrogen-bond acceptors (Lipinski definition) is 3. The number of fused-ring (bicyclic) bond motifs is 1. The highest BCUT2D eigenvalue weighted by molar-refractivity contribution is 7.90. The maximum absolute atomic E-state index is 12.8. The van der Waals surface area contributed by atoms with E-state index in [2.05, 4.69) is 0 Å². The minimum atomic E-state index is -1.48. The molecule has 0 aliphatic carbocycles. The molecule has 0 spiro atoms. The van der Waals surface area contributed by atoms with E-state index in [1.807, 2.05) is 30.3 Å². The molecule has 2 aromatic carbocycles. The number of methoxy groups -OCH3 is 1. The van der Waals surface area contributed by atoms with Crippen molar-refractivity contribution in [2.75, 3.05) is 7.11 Å². The summed E-state index contributed by atoms with van der Waals surface area (Å²) in [6, 6.07) is 16.2. The van der Waals surface area contributed by atoms with E-state index in [1.54, 1.807) is 31.4 Å². The van der Waals surface area contributed by atoms with Gasteiger partial charge in [0.1, 0.15) is 28.3 Å². The van der Waals surface area contributed by atoms with Gasteiger partial charge < -0.3 is 9.29 Å². The van der Waals surface area contributed by atoms with Crippen LogP contribution in [-0.4, -0.2) is 21.9 Å². The molecular formula is C16H13NO3S. The van der Waals surface area contributed by atoms with Crippen molar-refractivity contribution in [1.82, 2.24) is 3.97 Å². The van der Waals surface area contributed by atoms with Crippen molar-refractivity contribution in [2.45, 2.75) is 4.90 Å². The maximum atomic E-state index is 12.8. The Labute approximate surface area is 125 Å². The molecular weight excluding hydrogens is 286 g/mol. The van der Waals surface area contributed by atoms with E-state index in [4.69, 9.17) is 4.74 Å². The van der Waals surface area contributed by atoms with E-state index in [0.29, 0.717) is 28.1 Å². The predicted molar refractivity (Wildman–Crippen MR) is 82.1 cm³/mol. The van der Waals surface area contributed by atoms with E-state index in [-0.39, 0.29) is 0 Å². The van der Waals surface area contributed by atoms with Gasteiger partial charge in [-0.15, -0.1) is 0 Å². The Bertz CT molecular complexity index is 783. The summed E-state index contributed by atoms with van der Waals surface area (Å²) in [5.74, 6) is 0.657. The zero-order chi connectivity index (χ0) is 14.8. The largest absolute Gasteiger partial charge is 0.587 e. The zero-order valence-electron chi connectivity index (χ0n) is 11.4. The SMILES string of the molecule is COc1ccc2cc(C=O)n([S+]([O-])c3ccccc3)c2c1. The quantitative estimate of drug-likeness (QED) is 0.549. The standard InChI is InChI=1S/C16H13NO3S/c1-20-14-8-7-12-9-13(11-18)17(16(12)10-14)21(19)15-5-3-2-4-6-15/h2-11H,1H3. The summed E-state index contributed by atoms with van der Waals surface area (Å²) in [4.78, 5) is 11.9. The number of carbonyl (C=O) groups is 1. The van der Waals surface area contributed by atoms with Gasteiger partial charge in [0.15, 0.2) is 11.2 Å². The molecule has 0 fully saturated rings. The fourth-order valence-corrected chi connectivity index (χ4v) is 3.44. The number of carbonyl (C=O) groups excluding carboxylic acids is 1. The molecule has 1 aromatic heterocycles. The molecule has 0 radical (unpaired) electrons. The number of aromatic nitrogens is 1. The molecule has 0 saturated carbocycles. The number of aldehydes is 1. The van der Waals surface area contributed by atoms with Crippen LogP contribution in [0, 0.1) is 0 Å². The van der Waals surface area contributed by atoms with Crippen molar-refractivity contribution in [3.63, 3.8) is 0 Å². The van der Waals surface area contributed by atoms with Gasteiger partial charge >= 0.3 is 0 Å². The third kappa shape index (κ3) is 2.41. The first-order valence-electron chi connectivity index (χ1n) is 6.36. The van der Waals surface area contributed by atoms with Crippen LogP contribution in [0.3, 0.4) is 0 Å². The third-order valence-electron chi connectivity index (χ3n) is 3.23. The first-order valence-corrected chi connectivity index (χ1v) is 7.47. The van der Waals surface area contributed by atoms with E-state index in [9.17, 15) is 9.35 Å². The molecule has 3 aromatic rings. The van der Waals surface area contributed by atoms with Crippen molar-refractivity contribution in [3.05, 3.63) is 60.3 Å². The lowest BCUT2D eigenvalue weighted by molar-refractivity contribution is 0.111. The normalized spacial score (nSPS) is 12.3. The Morgan fingerprint density at radius 1 is 1.14 bits per heavy atom. The summed E-state index contributed by atoms with van der Waals surface area (Å²) < 4.78 is 19.5. The summed E-state index contributed by atoms with van der Waals surface area (Å²) in [6.45, 7) is 0. The van der Waals surface area contributed by atoms with Crippen LogP contribution in [0.4, 0.5) is 0 Å². The molecule has 1 unspecified atom stereocenters. The lowest BCUT2D eigenvalue weighted by Gasteiger charge is -2.13. The van der Waals surface area contributed by atoms with Gasteiger partial charge in [-0.25, -0.2) is 0 Å². The molecule has 0 saturated heterocycles. The number of hydrogen-bond donors (Lipinski definition) is 0. The van der Waals surface area contributed by atoms with Gasteiger partial charge in [0.25, 0.3) is 0 Å². The highest BCUT2D eigenvalue weighted by Crippen LogP contribution is 2.28. The molecule has 3 rings (SSSR count). The second-order valence-corrected chi connectivity index (χ2v) is 5.80. The molecule has 5 heteroatoms. The Kier molecular flexibility index (Phi) is 3.68. The number of benzene rings is 2. The fourth-order valence-electron chi connectivity index (χ4n) is 2.21. The maximum Gasteiger partial charge on any atom is 0.180 e. The molecule has 1 atom stereocenters. The fraction of sp³-hybridized carbons (Fsp3) is 0.0625. The second kappa shape index (κ2) is 5.63. The van der Waals surface area contributed by atoms with Crippen LogP contribution in [-0.2, 0) is 11.4 Å². The Morgan fingerprint density at radius 2 is 1.90 bits per heavy atom. The monoisotopic (exact) mass is 299 g/mol. The molecule has 21 heavy (non-hydrogen) atoms. The summed E-state index contributed by atoms with van der Waals surface area (Å²) in [7, 11) is 1.57. The number of ether oxygens (including phenoxy) is 1. The molecule has 0 N–H and O–H groups in total. The topological polar surface area (TPSA) is 54.3 Å². The molecule has 0 aliphatic rings. The van der Waals surface area contributed by atoms with Crippen molar-refractivity contribution in [1.29, 1.82) is 0 Å². The Hall–Kier alpha value is -2.24. The van der Waals surface area contributed by atoms with Crippen molar-refractivity contribution < 1.29 is 14.1 Å². The van der Waals surface area contributed by atoms with Crippen LogP contribution in [0.1, 0.15) is 10.5 Å². The van der Waals surface area contributed by atoms with Gasteiger partial charge in [0, 0.05) is 11.5 Å². The van der Waals surface area contributed by atoms with E-state index in [0.717, 1.165) is 5.39 Å². The number of nitrogens with zero attached hydrogens (tertiary/aromatic N) is 1. The molecule has 4 nitrogen and oxygen atoms in total. The summed E-state index contributed by atoms with van der Waals surface area (Å²) in [5, 5.41) is 0.849. The molecule has 106 valence electrons. The first-order chi connectivity index (χ1) is 10.2. The van der Waals surface area contributed by atoms with Crippen LogP contribution < -0.4 is 4.74 Å². The van der Waals surface area contributed by atoms with Crippen molar-refractivity contribution in [2.24, 2.45) is 0 Å². The van der Waals surface area contributed by atoms with Gasteiger partial charge in [-0.05, 0) is 30.3 Å². The second-order valence-electron chi connectivity index (χ2n) is 4.47. The third-order valence-corrected chi connectivity index (χ3v) is 4.64. The number of rotatable bonds is 4. The van der Waals surface area contributed by atoms with Crippen LogP contribution in [0.2, 0.25) is 0 Å². The lowest BCUT2D eigenvalue weighted by Crippen LogP contribution is -2.15. The van der Waals surface area contributed by atoms with Gasteiger partial charge in [0.2, 0.25) is 0 Å². The molecule has 0 amide bonds. The van der Waals surface area contributed by atoms with E-state index >= 15 is 0 Å². The predicted octanol–water partition coefficient (Wildman–Crippen LogP) is 3.03. The van der Waals surface area contributed by atoms with Crippen LogP contribution in [0.15, 0.2) is 59.5 Å². The summed E-state index contributed by atoms with van der Waals surface area (Å²) >= 11 is -1.48. The summed E-state index contributed by atoms with van der Waals surface area (Å²) in [5.41, 5.74) is 1.08. The van der Waals surface area contributed by atoms with Gasteiger partial charge in [-0.1, -0.05) is 18.2 Å². The molecule has 0 aliphatic heterocycles. The first kappa shape index (κ1) is 13.7. The van der Waals surface area contributed by atoms with Crippen molar-refractivity contribution in [3.8, 4) is 5.75 Å². The minimum absolute atomic E-state index is 0.375. The average molecular weight is 299 g/mol. The van der Waals surface area contributed by atoms with Gasteiger partial charge in [0.05, 0.1) is 7.11 Å². The Morgan fingerprint density at radius 3 is 2.57 bits per heavy atom. The highest BCUT2D eigenvalue weighted by Gasteiger charge is 2.21. The highest BCUT2D eigenvalue weighted by atomic mass is 32.2. The van der Waals surface area contributed by atoms with Gasteiger partial charge in [-0.2, -0.15) is 3.97 Å². The van der Waals surface area contributed by atoms with Crippen LogP contribution in [0.25, 0.3) is 10.9 Å².